The van der Waals surface area contributed by atoms with Crippen molar-refractivity contribution in [1.29, 1.82) is 0 Å². The van der Waals surface area contributed by atoms with Gasteiger partial charge in [-0.25, -0.2) is 14.5 Å². The third-order valence-corrected chi connectivity index (χ3v) is 4.14. The second-order valence-corrected chi connectivity index (χ2v) is 5.98. The lowest BCUT2D eigenvalue weighted by atomic mass is 10.2. The molecular weight excluding hydrogens is 339 g/mol. The van der Waals surface area contributed by atoms with Crippen molar-refractivity contribution in [3.05, 3.63) is 59.8 Å². The van der Waals surface area contributed by atoms with E-state index in [1.54, 1.807) is 28.9 Å². The number of benzene rings is 1. The number of nitrogens with zero attached hydrogens (tertiary/aromatic N) is 4. The van der Waals surface area contributed by atoms with Crippen LogP contribution in [0.5, 0.6) is 10.9 Å². The number of imidazole rings is 1. The van der Waals surface area contributed by atoms with Crippen LogP contribution in [0, 0.1) is 5.95 Å². The van der Waals surface area contributed by atoms with Crippen molar-refractivity contribution in [3.63, 3.8) is 0 Å². The maximum Gasteiger partial charge on any atom is 0.300 e. The van der Waals surface area contributed by atoms with E-state index in [2.05, 4.69) is 15.1 Å². The van der Waals surface area contributed by atoms with E-state index in [-0.39, 0.29) is 5.75 Å². The minimum Gasteiger partial charge on any atom is -0.425 e. The number of hydrogen-bond donors (Lipinski definition) is 0. The van der Waals surface area contributed by atoms with Crippen molar-refractivity contribution >= 4 is 27.9 Å². The first-order chi connectivity index (χ1) is 11.2. The van der Waals surface area contributed by atoms with Gasteiger partial charge in [0.1, 0.15) is 0 Å². The predicted molar refractivity (Wildman–Crippen MR) is 85.6 cm³/mol. The minimum atomic E-state index is -0.679. The van der Waals surface area contributed by atoms with Crippen molar-refractivity contribution in [2.45, 2.75) is 0 Å². The van der Waals surface area contributed by atoms with Gasteiger partial charge in [0, 0.05) is 16.8 Å². The first-order valence-corrected chi connectivity index (χ1v) is 7.79. The van der Waals surface area contributed by atoms with Gasteiger partial charge in [-0.1, -0.05) is 23.7 Å². The molecule has 0 aliphatic rings. The quantitative estimate of drug-likeness (QED) is 0.515. The van der Waals surface area contributed by atoms with Crippen molar-refractivity contribution in [2.24, 2.45) is 0 Å². The minimum absolute atomic E-state index is 0.0300. The third kappa shape index (κ3) is 2.76. The predicted octanol–water partition coefficient (Wildman–Crippen LogP) is 4.44. The smallest absolute Gasteiger partial charge is 0.300 e. The Morgan fingerprint density at radius 3 is 2.74 bits per heavy atom. The van der Waals surface area contributed by atoms with Crippen LogP contribution in [-0.2, 0) is 0 Å². The van der Waals surface area contributed by atoms with Crippen LogP contribution in [0.1, 0.15) is 0 Å². The molecule has 0 bridgehead atoms. The number of fused-ring (bicyclic) bond motifs is 1. The molecule has 5 nitrogen and oxygen atoms in total. The number of ether oxygens (including phenoxy) is 1. The summed E-state index contributed by atoms with van der Waals surface area (Å²) >= 11 is 7.10. The molecule has 3 aromatic heterocycles. The monoisotopic (exact) mass is 346 g/mol. The largest absolute Gasteiger partial charge is 0.425 e. The van der Waals surface area contributed by atoms with Crippen molar-refractivity contribution in [3.8, 4) is 22.2 Å². The number of halogens is 2. The van der Waals surface area contributed by atoms with Gasteiger partial charge < -0.3 is 4.74 Å². The molecular formula is C15H8ClFN4OS. The Morgan fingerprint density at radius 2 is 2.00 bits per heavy atom. The zero-order valence-corrected chi connectivity index (χ0v) is 13.1. The standard InChI is InChI=1S/C15H8ClFN4OS/c16-10-5-3-9(4-6-10)11-8-21-14(19-11)23-15(20-21)22-12-2-1-7-18-13(12)17/h1-8H. The van der Waals surface area contributed by atoms with Crippen LogP contribution >= 0.6 is 22.9 Å². The lowest BCUT2D eigenvalue weighted by molar-refractivity contribution is 0.422. The highest BCUT2D eigenvalue weighted by Gasteiger charge is 2.13. The van der Waals surface area contributed by atoms with Crippen molar-refractivity contribution in [2.75, 3.05) is 0 Å². The van der Waals surface area contributed by atoms with E-state index in [9.17, 15) is 4.39 Å². The van der Waals surface area contributed by atoms with Crippen LogP contribution in [0.25, 0.3) is 16.2 Å². The summed E-state index contributed by atoms with van der Waals surface area (Å²) < 4.78 is 20.5. The third-order valence-electron chi connectivity index (χ3n) is 3.09. The molecule has 0 atom stereocenters. The van der Waals surface area contributed by atoms with E-state index in [0.29, 0.717) is 15.2 Å². The molecule has 0 saturated carbocycles. The number of hydrogen-bond acceptors (Lipinski definition) is 5. The zero-order valence-electron chi connectivity index (χ0n) is 11.5. The highest BCUT2D eigenvalue weighted by molar-refractivity contribution is 7.18. The van der Waals surface area contributed by atoms with Gasteiger partial charge in [-0.15, -0.1) is 5.10 Å². The average Bonchev–Trinajstić information content (AvgIpc) is 3.09. The van der Waals surface area contributed by atoms with E-state index >= 15 is 0 Å². The maximum absolute atomic E-state index is 13.5. The summed E-state index contributed by atoms with van der Waals surface area (Å²) in [4.78, 5) is 8.66. The van der Waals surface area contributed by atoms with Gasteiger partial charge in [0.15, 0.2) is 5.75 Å². The maximum atomic E-state index is 13.5. The molecule has 4 aromatic rings. The molecule has 0 radical (unpaired) electrons. The molecule has 0 amide bonds. The van der Waals surface area contributed by atoms with E-state index in [1.807, 2.05) is 12.1 Å². The Labute approximate surface area is 139 Å². The molecule has 0 saturated heterocycles. The molecule has 0 aliphatic carbocycles. The first kappa shape index (κ1) is 14.1. The first-order valence-electron chi connectivity index (χ1n) is 6.59. The van der Waals surface area contributed by atoms with Gasteiger partial charge >= 0.3 is 0 Å². The van der Waals surface area contributed by atoms with E-state index < -0.39 is 5.95 Å². The van der Waals surface area contributed by atoms with Gasteiger partial charge in [-0.2, -0.15) is 4.39 Å². The summed E-state index contributed by atoms with van der Waals surface area (Å²) in [7, 11) is 0. The Bertz CT molecular complexity index is 951. The summed E-state index contributed by atoms with van der Waals surface area (Å²) in [5.41, 5.74) is 1.72. The summed E-state index contributed by atoms with van der Waals surface area (Å²) in [5.74, 6) is -0.648. The summed E-state index contributed by atoms with van der Waals surface area (Å²) in [6.45, 7) is 0. The lowest BCUT2D eigenvalue weighted by Gasteiger charge is -2.00. The second-order valence-electron chi connectivity index (χ2n) is 4.62. The topological polar surface area (TPSA) is 52.3 Å². The molecule has 114 valence electrons. The molecule has 4 rings (SSSR count). The fraction of sp³-hybridized carbons (Fsp3) is 0. The molecule has 0 fully saturated rings. The Morgan fingerprint density at radius 1 is 1.17 bits per heavy atom. The SMILES string of the molecule is Fc1ncccc1Oc1nn2cc(-c3ccc(Cl)cc3)nc2s1. The van der Waals surface area contributed by atoms with Crippen LogP contribution < -0.4 is 4.74 Å². The molecule has 0 aliphatic heterocycles. The summed E-state index contributed by atoms with van der Waals surface area (Å²) in [6.07, 6.45) is 3.14. The summed E-state index contributed by atoms with van der Waals surface area (Å²) in [5, 5.41) is 5.20. The number of aromatic nitrogens is 4. The highest BCUT2D eigenvalue weighted by atomic mass is 35.5. The van der Waals surface area contributed by atoms with Crippen LogP contribution in [0.4, 0.5) is 4.39 Å². The molecule has 23 heavy (non-hydrogen) atoms. The van der Waals surface area contributed by atoms with Crippen molar-refractivity contribution in [1.82, 2.24) is 19.6 Å². The molecule has 1 aromatic carbocycles. The second kappa shape index (κ2) is 5.60. The van der Waals surface area contributed by atoms with E-state index in [4.69, 9.17) is 16.3 Å². The zero-order chi connectivity index (χ0) is 15.8. The molecule has 8 heteroatoms. The molecule has 0 N–H and O–H groups in total. The number of pyridine rings is 1. The Hall–Kier alpha value is -2.51. The van der Waals surface area contributed by atoms with Crippen LogP contribution in [0.2, 0.25) is 5.02 Å². The molecule has 0 spiro atoms. The van der Waals surface area contributed by atoms with Crippen LogP contribution in [0.15, 0.2) is 48.8 Å². The van der Waals surface area contributed by atoms with Crippen LogP contribution in [-0.4, -0.2) is 19.6 Å². The molecule has 0 unspecified atom stereocenters. The number of rotatable bonds is 3. The van der Waals surface area contributed by atoms with Gasteiger partial charge in [0.2, 0.25) is 4.96 Å². The normalized spacial score (nSPS) is 11.0. The van der Waals surface area contributed by atoms with Gasteiger partial charge in [-0.05, 0) is 35.6 Å². The van der Waals surface area contributed by atoms with Gasteiger partial charge in [-0.3, -0.25) is 0 Å². The Kier molecular flexibility index (Phi) is 3.44. The fourth-order valence-electron chi connectivity index (χ4n) is 2.02. The molecule has 3 heterocycles. The van der Waals surface area contributed by atoms with Gasteiger partial charge in [0.05, 0.1) is 11.9 Å². The summed E-state index contributed by atoms with van der Waals surface area (Å²) in [6, 6.07) is 10.5. The van der Waals surface area contributed by atoms with Crippen molar-refractivity contribution < 1.29 is 9.13 Å². The average molecular weight is 347 g/mol. The Balaban J connectivity index is 1.64. The highest BCUT2D eigenvalue weighted by Crippen LogP contribution is 2.30. The van der Waals surface area contributed by atoms with E-state index in [0.717, 1.165) is 11.3 Å². The fourth-order valence-corrected chi connectivity index (χ4v) is 2.90. The van der Waals surface area contributed by atoms with E-state index in [1.165, 1.54) is 23.6 Å². The van der Waals surface area contributed by atoms with Crippen LogP contribution in [0.3, 0.4) is 0 Å². The lowest BCUT2D eigenvalue weighted by Crippen LogP contribution is -1.91. The van der Waals surface area contributed by atoms with Gasteiger partial charge in [0.25, 0.3) is 11.1 Å².